The minimum Gasteiger partial charge on any atom is -0.383 e. The Morgan fingerprint density at radius 1 is 1.03 bits per heavy atom. The number of para-hydroxylation sites is 2. The molecule has 0 fully saturated rings. The predicted octanol–water partition coefficient (Wildman–Crippen LogP) is 4.20. The van der Waals surface area contributed by atoms with Crippen molar-refractivity contribution in [3.8, 4) is 0 Å². The lowest BCUT2D eigenvalue weighted by molar-refractivity contribution is 0.0940. The van der Waals surface area contributed by atoms with Crippen LogP contribution in [0.2, 0.25) is 0 Å². The molecule has 3 aromatic heterocycles. The van der Waals surface area contributed by atoms with Crippen molar-refractivity contribution < 1.29 is 4.79 Å². The number of nitrogens with one attached hydrogen (secondary N) is 1. The normalized spacial score (nSPS) is 12.4. The summed E-state index contributed by atoms with van der Waals surface area (Å²) in [7, 11) is 0. The second kappa shape index (κ2) is 9.72. The van der Waals surface area contributed by atoms with Gasteiger partial charge in [-0.3, -0.25) is 9.78 Å². The van der Waals surface area contributed by atoms with Crippen LogP contribution in [0.3, 0.4) is 0 Å². The first-order valence-corrected chi connectivity index (χ1v) is 11.5. The molecule has 0 aliphatic carbocycles. The Morgan fingerprint density at radius 3 is 2.46 bits per heavy atom. The molecule has 0 aliphatic heterocycles. The zero-order chi connectivity index (χ0) is 24.2. The third-order valence-electron chi connectivity index (χ3n) is 5.82. The van der Waals surface area contributed by atoms with Gasteiger partial charge in [0.15, 0.2) is 5.65 Å². The first-order chi connectivity index (χ1) is 17.1. The molecule has 1 unspecified atom stereocenters. The maximum atomic E-state index is 13.4. The van der Waals surface area contributed by atoms with Crippen molar-refractivity contribution in [2.24, 2.45) is 5.10 Å². The molecule has 0 saturated carbocycles. The largest absolute Gasteiger partial charge is 0.383 e. The van der Waals surface area contributed by atoms with E-state index >= 15 is 0 Å². The minimum atomic E-state index is -0.296. The summed E-state index contributed by atoms with van der Waals surface area (Å²) in [5, 5.41) is 7.60. The van der Waals surface area contributed by atoms with Crippen molar-refractivity contribution in [2.45, 2.75) is 25.8 Å². The van der Waals surface area contributed by atoms with Crippen LogP contribution in [-0.2, 0) is 6.42 Å². The summed E-state index contributed by atoms with van der Waals surface area (Å²) in [6, 6.07) is 21.3. The predicted molar refractivity (Wildman–Crippen MR) is 138 cm³/mol. The van der Waals surface area contributed by atoms with E-state index in [2.05, 4.69) is 27.5 Å². The fourth-order valence-electron chi connectivity index (χ4n) is 3.96. The van der Waals surface area contributed by atoms with E-state index in [4.69, 9.17) is 15.7 Å². The lowest BCUT2D eigenvalue weighted by Gasteiger charge is -2.14. The average Bonchev–Trinajstić information content (AvgIpc) is 3.16. The summed E-state index contributed by atoms with van der Waals surface area (Å²) in [6.07, 6.45) is 6.67. The number of aromatic nitrogens is 4. The minimum absolute atomic E-state index is 0.0609. The maximum Gasteiger partial charge on any atom is 0.257 e. The summed E-state index contributed by atoms with van der Waals surface area (Å²) in [5.41, 5.74) is 11.0. The van der Waals surface area contributed by atoms with E-state index in [0.717, 1.165) is 18.4 Å². The molecule has 0 spiro atoms. The van der Waals surface area contributed by atoms with Gasteiger partial charge < -0.3 is 11.1 Å². The molecule has 0 aliphatic rings. The van der Waals surface area contributed by atoms with E-state index in [1.165, 1.54) is 10.2 Å². The molecular formula is C27H25N7O. The number of rotatable bonds is 7. The van der Waals surface area contributed by atoms with Crippen LogP contribution in [0.15, 0.2) is 84.2 Å². The number of hydrogen-bond donors (Lipinski definition) is 2. The fourth-order valence-corrected chi connectivity index (χ4v) is 3.96. The number of hydrogen-bond acceptors (Lipinski definition) is 6. The van der Waals surface area contributed by atoms with Crippen molar-refractivity contribution in [1.29, 1.82) is 0 Å². The number of aryl methyl sites for hydroxylation is 1. The number of carbonyl (C=O) groups is 1. The Morgan fingerprint density at radius 2 is 1.71 bits per heavy atom. The standard InChI is InChI=1S/C27H25N7O/c1-18(11-12-19-7-3-2-4-8-19)31-27(35)23-24-26(33-22-10-6-5-9-21(22)32-24)34(25(23)28)30-17-20-13-15-29-16-14-20/h2-10,13-18H,11-12,28H2,1H3,(H,31,35). The van der Waals surface area contributed by atoms with Gasteiger partial charge in [-0.2, -0.15) is 9.78 Å². The number of nitrogens with two attached hydrogens (primary N) is 1. The molecule has 8 nitrogen and oxygen atoms in total. The van der Waals surface area contributed by atoms with Gasteiger partial charge in [0.1, 0.15) is 16.9 Å². The molecule has 0 bridgehead atoms. The Hall–Kier alpha value is -4.59. The number of pyridine rings is 1. The maximum absolute atomic E-state index is 13.4. The third kappa shape index (κ3) is 4.72. The van der Waals surface area contributed by atoms with Crippen LogP contribution < -0.4 is 11.1 Å². The van der Waals surface area contributed by atoms with E-state index in [-0.39, 0.29) is 23.3 Å². The molecule has 35 heavy (non-hydrogen) atoms. The second-order valence-corrected chi connectivity index (χ2v) is 8.38. The van der Waals surface area contributed by atoms with Crippen molar-refractivity contribution >= 4 is 40.1 Å². The van der Waals surface area contributed by atoms with Crippen molar-refractivity contribution in [2.75, 3.05) is 5.73 Å². The Balaban J connectivity index is 1.50. The van der Waals surface area contributed by atoms with E-state index in [9.17, 15) is 4.79 Å². The smallest absolute Gasteiger partial charge is 0.257 e. The van der Waals surface area contributed by atoms with Gasteiger partial charge in [-0.1, -0.05) is 42.5 Å². The van der Waals surface area contributed by atoms with E-state index in [1.54, 1.807) is 18.6 Å². The fraction of sp³-hybridized carbons (Fsp3) is 0.148. The van der Waals surface area contributed by atoms with E-state index in [1.807, 2.05) is 61.5 Å². The zero-order valence-corrected chi connectivity index (χ0v) is 19.3. The van der Waals surface area contributed by atoms with Crippen LogP contribution in [-0.4, -0.2) is 37.8 Å². The van der Waals surface area contributed by atoms with Gasteiger partial charge in [0.05, 0.1) is 17.2 Å². The van der Waals surface area contributed by atoms with Gasteiger partial charge in [0.2, 0.25) is 0 Å². The van der Waals surface area contributed by atoms with Crippen LogP contribution in [0.5, 0.6) is 0 Å². The van der Waals surface area contributed by atoms with Gasteiger partial charge in [-0.25, -0.2) is 9.97 Å². The number of benzene rings is 2. The number of amides is 1. The quantitative estimate of drug-likeness (QED) is 0.352. The van der Waals surface area contributed by atoms with Crippen LogP contribution in [0, 0.1) is 0 Å². The molecule has 1 amide bonds. The average molecular weight is 464 g/mol. The molecule has 5 aromatic rings. The lowest BCUT2D eigenvalue weighted by atomic mass is 10.1. The van der Waals surface area contributed by atoms with Crippen LogP contribution in [0.25, 0.3) is 22.2 Å². The third-order valence-corrected chi connectivity index (χ3v) is 5.82. The SMILES string of the molecule is CC(CCc1ccccc1)NC(=O)c1c(N)n(N=Cc2ccncc2)c2nc3ccccc3nc12. The van der Waals surface area contributed by atoms with E-state index < -0.39 is 0 Å². The summed E-state index contributed by atoms with van der Waals surface area (Å²) in [4.78, 5) is 26.9. The number of anilines is 1. The summed E-state index contributed by atoms with van der Waals surface area (Å²) in [5.74, 6) is -0.108. The lowest BCUT2D eigenvalue weighted by Crippen LogP contribution is -2.33. The highest BCUT2D eigenvalue weighted by Gasteiger charge is 2.25. The molecule has 3 heterocycles. The summed E-state index contributed by atoms with van der Waals surface area (Å²) < 4.78 is 1.47. The first kappa shape index (κ1) is 22.2. The Bertz CT molecular complexity index is 1510. The summed E-state index contributed by atoms with van der Waals surface area (Å²) >= 11 is 0. The van der Waals surface area contributed by atoms with Gasteiger partial charge in [-0.05, 0) is 55.2 Å². The van der Waals surface area contributed by atoms with Gasteiger partial charge in [-0.15, -0.1) is 0 Å². The molecule has 2 aromatic carbocycles. The second-order valence-electron chi connectivity index (χ2n) is 8.38. The number of fused-ring (bicyclic) bond motifs is 2. The topological polar surface area (TPSA) is 111 Å². The van der Waals surface area contributed by atoms with Gasteiger partial charge >= 0.3 is 0 Å². The zero-order valence-electron chi connectivity index (χ0n) is 19.3. The summed E-state index contributed by atoms with van der Waals surface area (Å²) in [6.45, 7) is 1.99. The highest BCUT2D eigenvalue weighted by molar-refractivity contribution is 6.10. The highest BCUT2D eigenvalue weighted by Crippen LogP contribution is 2.28. The number of carbonyl (C=O) groups excluding carboxylic acids is 1. The molecule has 0 saturated heterocycles. The van der Waals surface area contributed by atoms with Crippen LogP contribution in [0.1, 0.15) is 34.8 Å². The van der Waals surface area contributed by atoms with E-state index in [0.29, 0.717) is 22.2 Å². The molecule has 3 N–H and O–H groups in total. The number of nitrogen functional groups attached to an aromatic ring is 1. The molecular weight excluding hydrogens is 438 g/mol. The molecule has 8 heteroatoms. The van der Waals surface area contributed by atoms with Crippen LogP contribution >= 0.6 is 0 Å². The van der Waals surface area contributed by atoms with Crippen molar-refractivity contribution in [1.82, 2.24) is 24.9 Å². The molecule has 0 radical (unpaired) electrons. The number of nitrogens with zero attached hydrogens (tertiary/aromatic N) is 5. The van der Waals surface area contributed by atoms with Gasteiger partial charge in [0, 0.05) is 18.4 Å². The molecule has 1 atom stereocenters. The molecule has 5 rings (SSSR count). The molecule has 174 valence electrons. The van der Waals surface area contributed by atoms with Gasteiger partial charge in [0.25, 0.3) is 5.91 Å². The first-order valence-electron chi connectivity index (χ1n) is 11.5. The van der Waals surface area contributed by atoms with Crippen molar-refractivity contribution in [3.63, 3.8) is 0 Å². The Labute approximate surface area is 202 Å². The van der Waals surface area contributed by atoms with Crippen molar-refractivity contribution in [3.05, 3.63) is 95.8 Å². The van der Waals surface area contributed by atoms with Crippen LogP contribution in [0.4, 0.5) is 5.82 Å². The highest BCUT2D eigenvalue weighted by atomic mass is 16.1. The Kier molecular flexibility index (Phi) is 6.17. The monoisotopic (exact) mass is 463 g/mol.